The van der Waals surface area contributed by atoms with Crippen LogP contribution in [0.5, 0.6) is 5.75 Å². The minimum absolute atomic E-state index is 0.0570. The molecule has 0 amide bonds. The molecule has 0 saturated heterocycles. The van der Waals surface area contributed by atoms with E-state index < -0.39 is 5.97 Å². The molecule has 0 aliphatic heterocycles. The molecule has 0 bridgehead atoms. The molecule has 1 N–H and O–H groups in total. The SMILES string of the molecule is CCOC(=O)c1ncc2[nH]c3cccc(OC4C=CCCC4)c3c2c1COC. The van der Waals surface area contributed by atoms with E-state index in [1.54, 1.807) is 20.2 Å². The maximum Gasteiger partial charge on any atom is 0.357 e. The summed E-state index contributed by atoms with van der Waals surface area (Å²) >= 11 is 0. The number of methoxy groups -OCH3 is 1. The van der Waals surface area contributed by atoms with Crippen molar-refractivity contribution in [3.8, 4) is 5.75 Å². The third kappa shape index (κ3) is 3.36. The summed E-state index contributed by atoms with van der Waals surface area (Å²) in [6.07, 6.45) is 9.24. The van der Waals surface area contributed by atoms with Crippen LogP contribution in [0.4, 0.5) is 0 Å². The predicted molar refractivity (Wildman–Crippen MR) is 108 cm³/mol. The molecule has 2 aromatic heterocycles. The van der Waals surface area contributed by atoms with Gasteiger partial charge in [0, 0.05) is 23.4 Å². The number of pyridine rings is 1. The van der Waals surface area contributed by atoms with Crippen molar-refractivity contribution >= 4 is 27.8 Å². The van der Waals surface area contributed by atoms with E-state index >= 15 is 0 Å². The number of fused-ring (bicyclic) bond motifs is 3. The van der Waals surface area contributed by atoms with Crippen LogP contribution in [0.3, 0.4) is 0 Å². The first kappa shape index (κ1) is 18.5. The number of nitrogens with zero attached hydrogens (tertiary/aromatic N) is 1. The van der Waals surface area contributed by atoms with Gasteiger partial charge in [0.15, 0.2) is 5.69 Å². The molecule has 1 aliphatic rings. The monoisotopic (exact) mass is 380 g/mol. The van der Waals surface area contributed by atoms with Crippen molar-refractivity contribution in [2.45, 2.75) is 38.9 Å². The number of carbonyl (C=O) groups is 1. The van der Waals surface area contributed by atoms with Gasteiger partial charge >= 0.3 is 5.97 Å². The van der Waals surface area contributed by atoms with Crippen LogP contribution in [0.15, 0.2) is 36.5 Å². The van der Waals surface area contributed by atoms with Crippen molar-refractivity contribution < 1.29 is 19.0 Å². The van der Waals surface area contributed by atoms with Gasteiger partial charge in [0.1, 0.15) is 11.9 Å². The number of hydrogen-bond acceptors (Lipinski definition) is 5. The number of H-pyrrole nitrogens is 1. The zero-order valence-corrected chi connectivity index (χ0v) is 16.2. The average molecular weight is 380 g/mol. The molecule has 0 saturated carbocycles. The van der Waals surface area contributed by atoms with Crippen LogP contribution >= 0.6 is 0 Å². The van der Waals surface area contributed by atoms with Crippen molar-refractivity contribution in [1.29, 1.82) is 0 Å². The van der Waals surface area contributed by atoms with E-state index in [9.17, 15) is 4.79 Å². The summed E-state index contributed by atoms with van der Waals surface area (Å²) in [5.41, 5.74) is 2.77. The van der Waals surface area contributed by atoms with Crippen molar-refractivity contribution in [1.82, 2.24) is 9.97 Å². The summed E-state index contributed by atoms with van der Waals surface area (Å²) in [4.78, 5) is 20.2. The Hall–Kier alpha value is -2.86. The maximum atomic E-state index is 12.5. The fourth-order valence-corrected chi connectivity index (χ4v) is 3.77. The van der Waals surface area contributed by atoms with E-state index in [2.05, 4.69) is 22.1 Å². The largest absolute Gasteiger partial charge is 0.486 e. The summed E-state index contributed by atoms with van der Waals surface area (Å²) in [5.74, 6) is 0.345. The van der Waals surface area contributed by atoms with E-state index in [0.717, 1.165) is 46.8 Å². The molecule has 1 aromatic carbocycles. The Kier molecular flexibility index (Phi) is 5.30. The second kappa shape index (κ2) is 8.02. The van der Waals surface area contributed by atoms with Gasteiger partial charge < -0.3 is 19.2 Å². The van der Waals surface area contributed by atoms with Gasteiger partial charge in [-0.15, -0.1) is 0 Å². The van der Waals surface area contributed by atoms with Crippen LogP contribution in [0.2, 0.25) is 0 Å². The molecule has 146 valence electrons. The van der Waals surface area contributed by atoms with E-state index in [1.165, 1.54) is 0 Å². The van der Waals surface area contributed by atoms with Gasteiger partial charge in [-0.2, -0.15) is 0 Å². The first-order valence-corrected chi connectivity index (χ1v) is 9.64. The van der Waals surface area contributed by atoms with E-state index in [-0.39, 0.29) is 18.4 Å². The van der Waals surface area contributed by atoms with Crippen molar-refractivity contribution in [3.63, 3.8) is 0 Å². The van der Waals surface area contributed by atoms with Gasteiger partial charge in [-0.05, 0) is 44.4 Å². The van der Waals surface area contributed by atoms with Crippen LogP contribution in [-0.2, 0) is 16.1 Å². The Morgan fingerprint density at radius 2 is 2.18 bits per heavy atom. The number of aromatic amines is 1. The summed E-state index contributed by atoms with van der Waals surface area (Å²) < 4.78 is 16.9. The minimum Gasteiger partial charge on any atom is -0.486 e. The fraction of sp³-hybridized carbons (Fsp3) is 0.364. The molecule has 3 aromatic rings. The molecule has 4 rings (SSSR count). The second-order valence-electron chi connectivity index (χ2n) is 6.85. The van der Waals surface area contributed by atoms with Gasteiger partial charge in [0.25, 0.3) is 0 Å². The first-order valence-electron chi connectivity index (χ1n) is 9.64. The number of carbonyl (C=O) groups excluding carboxylic acids is 1. The molecular weight excluding hydrogens is 356 g/mol. The molecule has 0 spiro atoms. The van der Waals surface area contributed by atoms with Gasteiger partial charge in [-0.3, -0.25) is 0 Å². The Balaban J connectivity index is 1.92. The Morgan fingerprint density at radius 3 is 2.93 bits per heavy atom. The highest BCUT2D eigenvalue weighted by molar-refractivity contribution is 6.13. The quantitative estimate of drug-likeness (QED) is 0.502. The number of aromatic nitrogens is 2. The normalized spacial score (nSPS) is 16.6. The topological polar surface area (TPSA) is 73.4 Å². The number of esters is 1. The molecular formula is C22H24N2O4. The molecule has 0 radical (unpaired) electrons. The molecule has 2 heterocycles. The first-order chi connectivity index (χ1) is 13.7. The van der Waals surface area contributed by atoms with Crippen LogP contribution in [0.1, 0.15) is 42.2 Å². The molecule has 0 fully saturated rings. The van der Waals surface area contributed by atoms with E-state index in [4.69, 9.17) is 14.2 Å². The smallest absolute Gasteiger partial charge is 0.357 e. The maximum absolute atomic E-state index is 12.5. The third-order valence-electron chi connectivity index (χ3n) is 4.97. The molecule has 6 nitrogen and oxygen atoms in total. The third-order valence-corrected chi connectivity index (χ3v) is 4.97. The molecule has 1 unspecified atom stereocenters. The Bertz CT molecular complexity index is 1040. The van der Waals surface area contributed by atoms with Gasteiger partial charge in [0.05, 0.1) is 30.4 Å². The summed E-state index contributed by atoms with van der Waals surface area (Å²) in [6.45, 7) is 2.33. The lowest BCUT2D eigenvalue weighted by Gasteiger charge is -2.19. The highest BCUT2D eigenvalue weighted by atomic mass is 16.5. The molecule has 28 heavy (non-hydrogen) atoms. The highest BCUT2D eigenvalue weighted by Crippen LogP contribution is 2.37. The summed E-state index contributed by atoms with van der Waals surface area (Å²) in [6, 6.07) is 5.94. The van der Waals surface area contributed by atoms with Crippen molar-refractivity contribution in [3.05, 3.63) is 47.8 Å². The highest BCUT2D eigenvalue weighted by Gasteiger charge is 2.22. The Labute approximate surface area is 163 Å². The number of hydrogen-bond donors (Lipinski definition) is 1. The second-order valence-corrected chi connectivity index (χ2v) is 6.85. The van der Waals surface area contributed by atoms with E-state index in [0.29, 0.717) is 12.2 Å². The van der Waals surface area contributed by atoms with Crippen molar-refractivity contribution in [2.24, 2.45) is 0 Å². The lowest BCUT2D eigenvalue weighted by Crippen LogP contribution is -2.15. The zero-order chi connectivity index (χ0) is 19.5. The Morgan fingerprint density at radius 1 is 1.29 bits per heavy atom. The lowest BCUT2D eigenvalue weighted by atomic mass is 10.0. The fourth-order valence-electron chi connectivity index (χ4n) is 3.77. The van der Waals surface area contributed by atoms with Crippen LogP contribution in [0.25, 0.3) is 21.8 Å². The van der Waals surface area contributed by atoms with Crippen LogP contribution in [-0.4, -0.2) is 35.8 Å². The average Bonchev–Trinajstić information content (AvgIpc) is 3.09. The van der Waals surface area contributed by atoms with Gasteiger partial charge in [-0.1, -0.05) is 12.1 Å². The van der Waals surface area contributed by atoms with E-state index in [1.807, 2.05) is 18.2 Å². The number of rotatable bonds is 6. The zero-order valence-electron chi connectivity index (χ0n) is 16.2. The predicted octanol–water partition coefficient (Wildman–Crippen LogP) is 4.53. The van der Waals surface area contributed by atoms with Gasteiger partial charge in [0.2, 0.25) is 0 Å². The number of allylic oxidation sites excluding steroid dienone is 1. The number of benzene rings is 1. The minimum atomic E-state index is -0.445. The van der Waals surface area contributed by atoms with Gasteiger partial charge in [-0.25, -0.2) is 9.78 Å². The lowest BCUT2D eigenvalue weighted by molar-refractivity contribution is 0.0514. The molecule has 1 atom stereocenters. The number of ether oxygens (including phenoxy) is 3. The molecule has 1 aliphatic carbocycles. The summed E-state index contributed by atoms with van der Waals surface area (Å²) in [7, 11) is 1.60. The number of nitrogens with one attached hydrogen (secondary N) is 1. The van der Waals surface area contributed by atoms with Crippen LogP contribution in [0, 0.1) is 0 Å². The summed E-state index contributed by atoms with van der Waals surface area (Å²) in [5, 5.41) is 1.83. The van der Waals surface area contributed by atoms with Crippen LogP contribution < -0.4 is 4.74 Å². The standard InChI is InChI=1S/C22H24N2O4/c1-3-27-22(25)21-15(13-26-2)19-17(12-23-21)24-16-10-7-11-18(20(16)19)28-14-8-5-4-6-9-14/h5,7-8,10-12,14,24H,3-4,6,9,13H2,1-2H3. The van der Waals surface area contributed by atoms with Crippen molar-refractivity contribution in [2.75, 3.05) is 13.7 Å². The molecule has 6 heteroatoms.